The second-order valence-corrected chi connectivity index (χ2v) is 6.26. The molecule has 2 rings (SSSR count). The van der Waals surface area contributed by atoms with Crippen LogP contribution in [0.25, 0.3) is 0 Å². The highest BCUT2D eigenvalue weighted by Crippen LogP contribution is 2.36. The minimum Gasteiger partial charge on any atom is -0.399 e. The van der Waals surface area contributed by atoms with E-state index in [1.807, 2.05) is 45.9 Å². The average molecular weight is 308 g/mol. The topological polar surface area (TPSA) is 42.2 Å². The van der Waals surface area contributed by atoms with Crippen molar-refractivity contribution in [2.45, 2.75) is 38.9 Å². The van der Waals surface area contributed by atoms with E-state index in [1.54, 1.807) is 0 Å². The summed E-state index contributed by atoms with van der Waals surface area (Å²) in [5.74, 6) is 0. The van der Waals surface area contributed by atoms with E-state index in [9.17, 15) is 5.26 Å². The number of rotatable bonds is 1. The van der Waals surface area contributed by atoms with Crippen LogP contribution in [0.3, 0.4) is 0 Å². The molecule has 3 nitrogen and oxygen atoms in total. The molecule has 0 aromatic heterocycles. The summed E-state index contributed by atoms with van der Waals surface area (Å²) in [7, 11) is -0.498. The Kier molecular flexibility index (Phi) is 3.31. The van der Waals surface area contributed by atoms with E-state index in [2.05, 4.69) is 22.0 Å². The normalized spacial score (nSPS) is 20.8. The van der Waals surface area contributed by atoms with Gasteiger partial charge >= 0.3 is 7.12 Å². The number of halogens is 1. The first kappa shape index (κ1) is 13.6. The van der Waals surface area contributed by atoms with Crippen molar-refractivity contribution in [3.05, 3.63) is 28.2 Å². The zero-order valence-electron chi connectivity index (χ0n) is 11.0. The van der Waals surface area contributed by atoms with Crippen LogP contribution in [-0.4, -0.2) is 18.3 Å². The third kappa shape index (κ3) is 2.09. The maximum atomic E-state index is 9.23. The van der Waals surface area contributed by atoms with Crippen molar-refractivity contribution in [3.8, 4) is 6.07 Å². The molecule has 1 heterocycles. The summed E-state index contributed by atoms with van der Waals surface area (Å²) >= 11 is 3.38. The highest BCUT2D eigenvalue weighted by molar-refractivity contribution is 9.10. The van der Waals surface area contributed by atoms with E-state index >= 15 is 0 Å². The van der Waals surface area contributed by atoms with Crippen molar-refractivity contribution >= 4 is 28.5 Å². The Morgan fingerprint density at radius 1 is 1.17 bits per heavy atom. The third-order valence-electron chi connectivity index (χ3n) is 3.66. The molecule has 0 amide bonds. The van der Waals surface area contributed by atoms with Gasteiger partial charge in [-0.15, -0.1) is 0 Å². The highest BCUT2D eigenvalue weighted by atomic mass is 79.9. The lowest BCUT2D eigenvalue weighted by atomic mass is 9.76. The maximum Gasteiger partial charge on any atom is 0.496 e. The van der Waals surface area contributed by atoms with Gasteiger partial charge in [-0.1, -0.05) is 12.1 Å². The van der Waals surface area contributed by atoms with E-state index in [4.69, 9.17) is 9.31 Å². The Morgan fingerprint density at radius 3 is 2.22 bits per heavy atom. The maximum absolute atomic E-state index is 9.23. The summed E-state index contributed by atoms with van der Waals surface area (Å²) in [6, 6.07) is 7.78. The fraction of sp³-hybridized carbons (Fsp3) is 0.462. The third-order valence-corrected chi connectivity index (χ3v) is 4.33. The minimum absolute atomic E-state index is 0.396. The standard InChI is InChI=1S/C13H15BBrNO2/c1-12(2)13(3,4)18-14(17-12)10-6-5-7-11(15)9(10)8-16/h5-7H,1-4H3. The first-order valence-electron chi connectivity index (χ1n) is 5.82. The largest absolute Gasteiger partial charge is 0.496 e. The van der Waals surface area contributed by atoms with Gasteiger partial charge in [0.2, 0.25) is 0 Å². The highest BCUT2D eigenvalue weighted by Gasteiger charge is 2.52. The molecule has 1 aromatic carbocycles. The van der Waals surface area contributed by atoms with Crippen molar-refractivity contribution in [2.24, 2.45) is 0 Å². The molecule has 1 fully saturated rings. The van der Waals surface area contributed by atoms with E-state index in [0.717, 1.165) is 9.94 Å². The summed E-state index contributed by atoms with van der Waals surface area (Å²) < 4.78 is 12.7. The lowest BCUT2D eigenvalue weighted by molar-refractivity contribution is 0.00578. The van der Waals surface area contributed by atoms with E-state index < -0.39 is 18.3 Å². The quantitative estimate of drug-likeness (QED) is 0.749. The molecule has 0 bridgehead atoms. The van der Waals surface area contributed by atoms with Crippen LogP contribution < -0.4 is 5.46 Å². The number of hydrogen-bond acceptors (Lipinski definition) is 3. The zero-order valence-corrected chi connectivity index (χ0v) is 12.5. The average Bonchev–Trinajstić information content (AvgIpc) is 2.47. The Morgan fingerprint density at radius 2 is 1.72 bits per heavy atom. The van der Waals surface area contributed by atoms with Crippen LogP contribution in [0.2, 0.25) is 0 Å². The number of hydrogen-bond donors (Lipinski definition) is 0. The van der Waals surface area contributed by atoms with Crippen molar-refractivity contribution in [2.75, 3.05) is 0 Å². The molecular weight excluding hydrogens is 293 g/mol. The summed E-state index contributed by atoms with van der Waals surface area (Å²) in [5, 5.41) is 9.23. The fourth-order valence-electron chi connectivity index (χ4n) is 1.83. The second kappa shape index (κ2) is 4.38. The van der Waals surface area contributed by atoms with Crippen LogP contribution in [0.15, 0.2) is 22.7 Å². The van der Waals surface area contributed by atoms with Crippen LogP contribution in [0.4, 0.5) is 0 Å². The van der Waals surface area contributed by atoms with Gasteiger partial charge in [0.15, 0.2) is 0 Å². The van der Waals surface area contributed by atoms with Crippen molar-refractivity contribution in [1.82, 2.24) is 0 Å². The molecule has 0 atom stereocenters. The van der Waals surface area contributed by atoms with Gasteiger partial charge < -0.3 is 9.31 Å². The van der Waals surface area contributed by atoms with E-state index in [-0.39, 0.29) is 0 Å². The molecule has 0 unspecified atom stereocenters. The van der Waals surface area contributed by atoms with Gasteiger partial charge in [0, 0.05) is 9.94 Å². The Hall–Kier alpha value is -0.825. The van der Waals surface area contributed by atoms with Gasteiger partial charge in [-0.2, -0.15) is 5.26 Å². The molecule has 0 radical (unpaired) electrons. The predicted octanol–water partition coefficient (Wildman–Crippen LogP) is 2.62. The van der Waals surface area contributed by atoms with Crippen LogP contribution in [-0.2, 0) is 9.31 Å². The van der Waals surface area contributed by atoms with Gasteiger partial charge in [-0.05, 0) is 49.7 Å². The lowest BCUT2D eigenvalue weighted by Crippen LogP contribution is -2.41. The SMILES string of the molecule is CC1(C)OB(c2cccc(Br)c2C#N)OC1(C)C. The molecule has 0 N–H and O–H groups in total. The monoisotopic (exact) mass is 307 g/mol. The second-order valence-electron chi connectivity index (χ2n) is 5.40. The molecule has 94 valence electrons. The Bertz CT molecular complexity index is 506. The number of nitriles is 1. The molecule has 1 saturated heterocycles. The predicted molar refractivity (Wildman–Crippen MR) is 74.6 cm³/mol. The van der Waals surface area contributed by atoms with Gasteiger partial charge in [0.25, 0.3) is 0 Å². The smallest absolute Gasteiger partial charge is 0.399 e. The van der Waals surface area contributed by atoms with E-state index in [1.165, 1.54) is 0 Å². The molecule has 0 spiro atoms. The summed E-state index contributed by atoms with van der Waals surface area (Å²) in [5.41, 5.74) is 0.543. The van der Waals surface area contributed by atoms with Crippen molar-refractivity contribution < 1.29 is 9.31 Å². The Labute approximate surface area is 116 Å². The summed E-state index contributed by atoms with van der Waals surface area (Å²) in [6.45, 7) is 7.99. The van der Waals surface area contributed by atoms with Crippen molar-refractivity contribution in [3.63, 3.8) is 0 Å². The van der Waals surface area contributed by atoms with Crippen molar-refractivity contribution in [1.29, 1.82) is 5.26 Å². The molecule has 1 aromatic rings. The first-order valence-corrected chi connectivity index (χ1v) is 6.62. The van der Waals surface area contributed by atoms with Crippen LogP contribution in [0, 0.1) is 11.3 Å². The minimum atomic E-state index is -0.498. The lowest BCUT2D eigenvalue weighted by Gasteiger charge is -2.32. The molecule has 1 aliphatic heterocycles. The van der Waals surface area contributed by atoms with Gasteiger partial charge in [-0.25, -0.2) is 0 Å². The van der Waals surface area contributed by atoms with Gasteiger partial charge in [-0.3, -0.25) is 0 Å². The molecular formula is C13H15BBrNO2. The van der Waals surface area contributed by atoms with Gasteiger partial charge in [0.1, 0.15) is 0 Å². The van der Waals surface area contributed by atoms with Gasteiger partial charge in [0.05, 0.1) is 22.8 Å². The Balaban J connectivity index is 2.42. The number of benzene rings is 1. The van der Waals surface area contributed by atoms with Crippen LogP contribution in [0.5, 0.6) is 0 Å². The summed E-state index contributed by atoms with van der Waals surface area (Å²) in [4.78, 5) is 0. The molecule has 18 heavy (non-hydrogen) atoms. The van der Waals surface area contributed by atoms with Crippen LogP contribution >= 0.6 is 15.9 Å². The van der Waals surface area contributed by atoms with Crippen LogP contribution in [0.1, 0.15) is 33.3 Å². The molecule has 0 saturated carbocycles. The molecule has 5 heteroatoms. The first-order chi connectivity index (χ1) is 8.28. The van der Waals surface area contributed by atoms with E-state index in [0.29, 0.717) is 5.56 Å². The summed E-state index contributed by atoms with van der Waals surface area (Å²) in [6.07, 6.45) is 0. The fourth-order valence-corrected chi connectivity index (χ4v) is 2.30. The number of nitrogens with zero attached hydrogens (tertiary/aromatic N) is 1. The zero-order chi connectivity index (χ0) is 13.6. The molecule has 0 aliphatic carbocycles. The molecule has 1 aliphatic rings.